The van der Waals surface area contributed by atoms with Gasteiger partial charge in [0, 0.05) is 12.4 Å². The van der Waals surface area contributed by atoms with E-state index >= 15 is 0 Å². The summed E-state index contributed by atoms with van der Waals surface area (Å²) in [5, 5.41) is 2.58. The number of hydrogen-bond donors (Lipinski definition) is 1. The summed E-state index contributed by atoms with van der Waals surface area (Å²) < 4.78 is 4.69. The Balaban J connectivity index is 2.16. The van der Waals surface area contributed by atoms with Gasteiger partial charge in [-0.3, -0.25) is 0 Å². The van der Waals surface area contributed by atoms with Gasteiger partial charge in [-0.05, 0) is 6.07 Å². The fraction of sp³-hybridized carbons (Fsp3) is 0.286. The van der Waals surface area contributed by atoms with E-state index in [1.807, 2.05) is 0 Å². The van der Waals surface area contributed by atoms with E-state index in [0.29, 0.717) is 12.4 Å². The predicted molar refractivity (Wildman–Crippen MR) is 39.3 cm³/mol. The smallest absolute Gasteiger partial charge is 0.407 e. The third kappa shape index (κ3) is 1.20. The second-order valence-electron chi connectivity index (χ2n) is 2.40. The highest BCUT2D eigenvalue weighted by Crippen LogP contribution is 2.12. The van der Waals surface area contributed by atoms with Crippen LogP contribution in [0, 0.1) is 0 Å². The Hall–Kier alpha value is -1.65. The van der Waals surface area contributed by atoms with Crippen LogP contribution < -0.4 is 5.32 Å². The average Bonchev–Trinajstić information content (AvgIpc) is 2.54. The summed E-state index contributed by atoms with van der Waals surface area (Å²) in [7, 11) is 0. The third-order valence-electron chi connectivity index (χ3n) is 1.57. The summed E-state index contributed by atoms with van der Waals surface area (Å²) in [5.74, 6) is 0.586. The van der Waals surface area contributed by atoms with E-state index < -0.39 is 6.09 Å². The molecule has 1 aromatic rings. The lowest BCUT2D eigenvalue weighted by Crippen LogP contribution is -2.20. The second kappa shape index (κ2) is 2.77. The summed E-state index contributed by atoms with van der Waals surface area (Å²) in [4.78, 5) is 18.6. The zero-order valence-corrected chi connectivity index (χ0v) is 6.23. The molecule has 1 aliphatic rings. The minimum atomic E-state index is -0.410. The van der Waals surface area contributed by atoms with E-state index in [0.717, 1.165) is 0 Å². The fourth-order valence-electron chi connectivity index (χ4n) is 1.01. The SMILES string of the molecule is O=C1N[C@H](c2ncccn2)CO1. The van der Waals surface area contributed by atoms with E-state index in [1.165, 1.54) is 0 Å². The quantitative estimate of drug-likeness (QED) is 0.648. The number of ether oxygens (including phenoxy) is 1. The van der Waals surface area contributed by atoms with Gasteiger partial charge in [0.1, 0.15) is 12.6 Å². The number of carbonyl (C=O) groups excluding carboxylic acids is 1. The molecule has 0 saturated carbocycles. The molecule has 12 heavy (non-hydrogen) atoms. The first kappa shape index (κ1) is 7.02. The van der Waals surface area contributed by atoms with Crippen molar-refractivity contribution in [3.8, 4) is 0 Å². The number of amides is 1. The van der Waals surface area contributed by atoms with Crippen LogP contribution in [0.1, 0.15) is 11.9 Å². The van der Waals surface area contributed by atoms with Crippen molar-refractivity contribution >= 4 is 6.09 Å². The zero-order chi connectivity index (χ0) is 8.39. The van der Waals surface area contributed by atoms with Crippen LogP contribution >= 0.6 is 0 Å². The standard InChI is InChI=1S/C7H7N3O2/c11-7-10-5(4-12-7)6-8-2-1-3-9-6/h1-3,5H,4H2,(H,10,11)/t5-/m0/s1. The molecule has 2 rings (SSSR count). The van der Waals surface area contributed by atoms with Gasteiger partial charge in [-0.1, -0.05) is 0 Å². The lowest BCUT2D eigenvalue weighted by molar-refractivity contribution is 0.176. The van der Waals surface area contributed by atoms with Gasteiger partial charge >= 0.3 is 6.09 Å². The normalized spacial score (nSPS) is 21.7. The summed E-state index contributed by atoms with van der Waals surface area (Å²) in [6.45, 7) is 0.308. The van der Waals surface area contributed by atoms with Crippen LogP contribution in [0.3, 0.4) is 0 Å². The topological polar surface area (TPSA) is 64.1 Å². The lowest BCUT2D eigenvalue weighted by Gasteiger charge is -2.02. The number of nitrogens with zero attached hydrogens (tertiary/aromatic N) is 2. The molecule has 1 saturated heterocycles. The van der Waals surface area contributed by atoms with Crippen molar-refractivity contribution in [1.29, 1.82) is 0 Å². The molecule has 1 aromatic heterocycles. The lowest BCUT2D eigenvalue weighted by atomic mass is 10.3. The number of carbonyl (C=O) groups is 1. The van der Waals surface area contributed by atoms with E-state index in [9.17, 15) is 4.79 Å². The minimum absolute atomic E-state index is 0.196. The number of aromatic nitrogens is 2. The molecular weight excluding hydrogens is 158 g/mol. The van der Waals surface area contributed by atoms with Crippen LogP contribution in [-0.2, 0) is 4.74 Å². The summed E-state index contributed by atoms with van der Waals surface area (Å²) in [6.07, 6.45) is 2.85. The molecule has 1 fully saturated rings. The number of cyclic esters (lactones) is 1. The fourth-order valence-corrected chi connectivity index (χ4v) is 1.01. The van der Waals surface area contributed by atoms with Gasteiger partial charge in [-0.25, -0.2) is 14.8 Å². The van der Waals surface area contributed by atoms with Crippen molar-refractivity contribution < 1.29 is 9.53 Å². The Morgan fingerprint density at radius 3 is 2.83 bits per heavy atom. The molecule has 5 nitrogen and oxygen atoms in total. The largest absolute Gasteiger partial charge is 0.447 e. The molecule has 0 aliphatic carbocycles. The summed E-state index contributed by atoms with van der Waals surface area (Å²) in [5.41, 5.74) is 0. The van der Waals surface area contributed by atoms with Crippen molar-refractivity contribution in [2.75, 3.05) is 6.61 Å². The first-order valence-electron chi connectivity index (χ1n) is 3.56. The Morgan fingerprint density at radius 1 is 1.50 bits per heavy atom. The average molecular weight is 165 g/mol. The highest BCUT2D eigenvalue weighted by molar-refractivity contribution is 5.69. The Kier molecular flexibility index (Phi) is 1.62. The van der Waals surface area contributed by atoms with Crippen LogP contribution in [0.2, 0.25) is 0 Å². The molecule has 1 aliphatic heterocycles. The van der Waals surface area contributed by atoms with E-state index in [4.69, 9.17) is 0 Å². The number of hydrogen-bond acceptors (Lipinski definition) is 4. The number of rotatable bonds is 1. The monoisotopic (exact) mass is 165 g/mol. The van der Waals surface area contributed by atoms with Crippen molar-refractivity contribution in [2.24, 2.45) is 0 Å². The predicted octanol–water partition coefficient (Wildman–Crippen LogP) is 0.258. The van der Waals surface area contributed by atoms with Crippen molar-refractivity contribution in [3.63, 3.8) is 0 Å². The van der Waals surface area contributed by atoms with Gasteiger partial charge in [0.2, 0.25) is 0 Å². The van der Waals surface area contributed by atoms with Gasteiger partial charge in [-0.2, -0.15) is 0 Å². The van der Waals surface area contributed by atoms with Crippen LogP contribution in [0.15, 0.2) is 18.5 Å². The molecule has 1 amide bonds. The molecule has 62 valence electrons. The van der Waals surface area contributed by atoms with Gasteiger partial charge in [-0.15, -0.1) is 0 Å². The van der Waals surface area contributed by atoms with E-state index in [1.54, 1.807) is 18.5 Å². The van der Waals surface area contributed by atoms with E-state index in [-0.39, 0.29) is 6.04 Å². The summed E-state index contributed by atoms with van der Waals surface area (Å²) >= 11 is 0. The molecule has 1 N–H and O–H groups in total. The van der Waals surface area contributed by atoms with Crippen molar-refractivity contribution in [3.05, 3.63) is 24.3 Å². The van der Waals surface area contributed by atoms with Gasteiger partial charge in [0.15, 0.2) is 5.82 Å². The Morgan fingerprint density at radius 2 is 2.25 bits per heavy atom. The van der Waals surface area contributed by atoms with Crippen LogP contribution in [-0.4, -0.2) is 22.7 Å². The maximum absolute atomic E-state index is 10.6. The minimum Gasteiger partial charge on any atom is -0.447 e. The van der Waals surface area contributed by atoms with Gasteiger partial charge < -0.3 is 10.1 Å². The first-order valence-corrected chi connectivity index (χ1v) is 3.56. The highest BCUT2D eigenvalue weighted by atomic mass is 16.6. The molecule has 2 heterocycles. The molecule has 1 atom stereocenters. The second-order valence-corrected chi connectivity index (χ2v) is 2.40. The van der Waals surface area contributed by atoms with Crippen molar-refractivity contribution in [2.45, 2.75) is 6.04 Å². The first-order chi connectivity index (χ1) is 5.86. The molecule has 0 aromatic carbocycles. The molecule has 0 spiro atoms. The maximum Gasteiger partial charge on any atom is 0.407 e. The van der Waals surface area contributed by atoms with Gasteiger partial charge in [0.05, 0.1) is 0 Å². The molecule has 0 radical (unpaired) electrons. The number of alkyl carbamates (subject to hydrolysis) is 1. The molecule has 5 heteroatoms. The van der Waals surface area contributed by atoms with E-state index in [2.05, 4.69) is 20.0 Å². The van der Waals surface area contributed by atoms with Crippen LogP contribution in [0.25, 0.3) is 0 Å². The Bertz CT molecular complexity index is 288. The van der Waals surface area contributed by atoms with Crippen LogP contribution in [0.4, 0.5) is 4.79 Å². The Labute approximate surface area is 68.8 Å². The number of nitrogens with one attached hydrogen (secondary N) is 1. The maximum atomic E-state index is 10.6. The zero-order valence-electron chi connectivity index (χ0n) is 6.23. The van der Waals surface area contributed by atoms with Crippen molar-refractivity contribution in [1.82, 2.24) is 15.3 Å². The summed E-state index contributed by atoms with van der Waals surface area (Å²) in [6, 6.07) is 1.53. The molecular formula is C7H7N3O2. The highest BCUT2D eigenvalue weighted by Gasteiger charge is 2.25. The molecule has 0 bridgehead atoms. The third-order valence-corrected chi connectivity index (χ3v) is 1.57. The van der Waals surface area contributed by atoms with Crippen LogP contribution in [0.5, 0.6) is 0 Å². The van der Waals surface area contributed by atoms with Gasteiger partial charge in [0.25, 0.3) is 0 Å². The molecule has 0 unspecified atom stereocenters.